The average Bonchev–Trinajstić information content (AvgIpc) is 2.63. The summed E-state index contributed by atoms with van der Waals surface area (Å²) >= 11 is 0. The molecule has 8 heteroatoms. The average molecular weight is 352 g/mol. The molecular weight excluding hydrogens is 335 g/mol. The summed E-state index contributed by atoms with van der Waals surface area (Å²) in [6.45, 7) is -0.141. The molecule has 0 aliphatic heterocycles. The van der Waals surface area contributed by atoms with E-state index in [4.69, 9.17) is 10.8 Å². The van der Waals surface area contributed by atoms with Crippen molar-refractivity contribution in [3.8, 4) is 0 Å². The van der Waals surface area contributed by atoms with Crippen LogP contribution in [0.1, 0.15) is 0 Å². The van der Waals surface area contributed by atoms with Gasteiger partial charge in [-0.25, -0.2) is 9.37 Å². The molecule has 0 spiro atoms. The molecule has 0 bridgehead atoms. The summed E-state index contributed by atoms with van der Waals surface area (Å²) in [4.78, 5) is 12.2. The van der Waals surface area contributed by atoms with Crippen LogP contribution in [0.3, 0.4) is 0 Å². The molecule has 0 aliphatic rings. The van der Waals surface area contributed by atoms with E-state index >= 15 is 0 Å². The molecule has 0 saturated carbocycles. The van der Waals surface area contributed by atoms with E-state index in [-0.39, 0.29) is 18.4 Å². The summed E-state index contributed by atoms with van der Waals surface area (Å²) in [5.41, 5.74) is 8.24. The molecule has 0 radical (unpaired) electrons. The van der Waals surface area contributed by atoms with Gasteiger partial charge in [0.05, 0.1) is 18.5 Å². The van der Waals surface area contributed by atoms with Crippen LogP contribution in [-0.2, 0) is 0 Å². The highest BCUT2D eigenvalue weighted by Crippen LogP contribution is 2.23. The minimum Gasteiger partial charge on any atom is -0.399 e. The molecule has 1 heterocycles. The lowest BCUT2D eigenvalue weighted by molar-refractivity contribution is 0.361. The van der Waals surface area contributed by atoms with Crippen LogP contribution in [-0.4, -0.2) is 27.9 Å². The van der Waals surface area contributed by atoms with Crippen molar-refractivity contribution < 1.29 is 9.50 Å². The summed E-state index contributed by atoms with van der Waals surface area (Å²) in [6, 6.07) is 14.1. The molecule has 0 fully saturated rings. The highest BCUT2D eigenvalue weighted by molar-refractivity contribution is 5.67. The van der Waals surface area contributed by atoms with Crippen LogP contribution in [0.2, 0.25) is 0 Å². The molecule has 132 valence electrons. The van der Waals surface area contributed by atoms with Crippen molar-refractivity contribution in [1.29, 1.82) is 0 Å². The van der Waals surface area contributed by atoms with Crippen LogP contribution in [0.15, 0.2) is 59.7 Å². The summed E-state index contributed by atoms with van der Waals surface area (Å²) < 4.78 is 14.0. The first-order valence-corrected chi connectivity index (χ1v) is 7.79. The Bertz CT molecular complexity index is 931. The molecule has 5 N–H and O–H groups in total. The maximum Gasteiger partial charge on any atom is 0.229 e. The Morgan fingerprint density at radius 2 is 1.88 bits per heavy atom. The Hall–Kier alpha value is -3.52. The molecule has 0 unspecified atom stereocenters. The second-order valence-electron chi connectivity index (χ2n) is 5.31. The molecule has 2 aromatic carbocycles. The molecular formula is C18H17FN6O. The largest absolute Gasteiger partial charge is 0.399 e. The highest BCUT2D eigenvalue weighted by atomic mass is 19.1. The number of nitrogens with one attached hydrogen (secondary N) is 2. The highest BCUT2D eigenvalue weighted by Gasteiger charge is 2.08. The lowest BCUT2D eigenvalue weighted by Gasteiger charge is -2.10. The number of hydrogen-bond donors (Lipinski definition) is 4. The van der Waals surface area contributed by atoms with Crippen molar-refractivity contribution in [3.63, 3.8) is 0 Å². The van der Waals surface area contributed by atoms with Crippen LogP contribution in [0.5, 0.6) is 0 Å². The van der Waals surface area contributed by atoms with Gasteiger partial charge in [0.2, 0.25) is 5.95 Å². The number of anilines is 5. The number of halogens is 1. The number of aliphatic imine (C=N–C) groups is 1. The monoisotopic (exact) mass is 352 g/mol. The van der Waals surface area contributed by atoms with Gasteiger partial charge in [0, 0.05) is 23.3 Å². The number of aromatic nitrogens is 2. The maximum absolute atomic E-state index is 14.0. The zero-order valence-corrected chi connectivity index (χ0v) is 13.7. The van der Waals surface area contributed by atoms with Gasteiger partial charge in [-0.15, -0.1) is 0 Å². The zero-order valence-electron chi connectivity index (χ0n) is 13.7. The summed E-state index contributed by atoms with van der Waals surface area (Å²) in [5.74, 6) is -0.331. The quantitative estimate of drug-likeness (QED) is 0.400. The molecule has 0 saturated heterocycles. The Balaban J connectivity index is 1.80. The van der Waals surface area contributed by atoms with Crippen molar-refractivity contribution in [2.24, 2.45) is 4.99 Å². The third-order valence-electron chi connectivity index (χ3n) is 3.32. The third kappa shape index (κ3) is 4.52. The Morgan fingerprint density at radius 1 is 1.12 bits per heavy atom. The van der Waals surface area contributed by atoms with Gasteiger partial charge in [-0.2, -0.15) is 4.98 Å². The third-order valence-corrected chi connectivity index (χ3v) is 3.32. The molecule has 0 atom stereocenters. The molecule has 7 nitrogen and oxygen atoms in total. The lowest BCUT2D eigenvalue weighted by Crippen LogP contribution is -2.03. The van der Waals surface area contributed by atoms with Gasteiger partial charge in [0.15, 0.2) is 11.6 Å². The van der Waals surface area contributed by atoms with E-state index in [1.165, 1.54) is 6.21 Å². The van der Waals surface area contributed by atoms with Gasteiger partial charge < -0.3 is 21.5 Å². The van der Waals surface area contributed by atoms with Crippen LogP contribution in [0, 0.1) is 5.82 Å². The topological polar surface area (TPSA) is 108 Å². The van der Waals surface area contributed by atoms with Gasteiger partial charge in [-0.05, 0) is 36.4 Å². The minimum absolute atomic E-state index is 0.0301. The van der Waals surface area contributed by atoms with E-state index < -0.39 is 5.82 Å². The number of nitrogens with zero attached hydrogens (tertiary/aromatic N) is 3. The van der Waals surface area contributed by atoms with Crippen molar-refractivity contribution in [1.82, 2.24) is 9.97 Å². The molecule has 1 aromatic heterocycles. The van der Waals surface area contributed by atoms with E-state index in [0.717, 1.165) is 6.20 Å². The fourth-order valence-electron chi connectivity index (χ4n) is 2.21. The summed E-state index contributed by atoms with van der Waals surface area (Å²) in [5, 5.41) is 14.7. The molecule has 0 aliphatic carbocycles. The fraction of sp³-hybridized carbons (Fsp3) is 0.0556. The molecule has 3 rings (SSSR count). The van der Waals surface area contributed by atoms with Gasteiger partial charge in [0.25, 0.3) is 0 Å². The van der Waals surface area contributed by atoms with Crippen LogP contribution >= 0.6 is 0 Å². The summed E-state index contributed by atoms with van der Waals surface area (Å²) in [7, 11) is 0. The Kier molecular flexibility index (Phi) is 5.35. The number of benzene rings is 2. The zero-order chi connectivity index (χ0) is 18.4. The number of aliphatic hydroxyl groups is 1. The van der Waals surface area contributed by atoms with E-state index in [1.807, 2.05) is 0 Å². The summed E-state index contributed by atoms with van der Waals surface area (Å²) in [6.07, 6.45) is 2.47. The Labute approximate surface area is 149 Å². The molecule has 26 heavy (non-hydrogen) atoms. The predicted molar refractivity (Wildman–Crippen MR) is 101 cm³/mol. The molecule has 3 aromatic rings. The van der Waals surface area contributed by atoms with Gasteiger partial charge in [-0.1, -0.05) is 12.1 Å². The number of hydrogen-bond acceptors (Lipinski definition) is 7. The number of aliphatic hydroxyl groups excluding tert-OH is 1. The van der Waals surface area contributed by atoms with E-state index in [1.54, 1.807) is 48.5 Å². The smallest absolute Gasteiger partial charge is 0.229 e. The van der Waals surface area contributed by atoms with Crippen LogP contribution in [0.4, 0.5) is 38.9 Å². The first kappa shape index (κ1) is 17.3. The van der Waals surface area contributed by atoms with Crippen LogP contribution < -0.4 is 16.4 Å². The van der Waals surface area contributed by atoms with E-state index in [2.05, 4.69) is 25.6 Å². The number of nitrogens with two attached hydrogens (primary N) is 1. The van der Waals surface area contributed by atoms with E-state index in [9.17, 15) is 4.39 Å². The Morgan fingerprint density at radius 3 is 2.65 bits per heavy atom. The SMILES string of the molecule is Nc1cccc(Nc2nc(Nc3cccc(N=CCO)c3)ncc2F)c1. The first-order valence-electron chi connectivity index (χ1n) is 7.79. The maximum atomic E-state index is 14.0. The predicted octanol–water partition coefficient (Wildman–Crippen LogP) is 3.38. The van der Waals surface area contributed by atoms with E-state index in [0.29, 0.717) is 22.7 Å². The van der Waals surface area contributed by atoms with Crippen molar-refractivity contribution in [2.75, 3.05) is 23.0 Å². The van der Waals surface area contributed by atoms with Gasteiger partial charge in [-0.3, -0.25) is 4.99 Å². The van der Waals surface area contributed by atoms with Crippen molar-refractivity contribution >= 4 is 40.7 Å². The normalized spacial score (nSPS) is 10.8. The number of rotatable bonds is 6. The van der Waals surface area contributed by atoms with Gasteiger partial charge >= 0.3 is 0 Å². The van der Waals surface area contributed by atoms with Gasteiger partial charge in [0.1, 0.15) is 0 Å². The molecule has 0 amide bonds. The second-order valence-corrected chi connectivity index (χ2v) is 5.31. The minimum atomic E-state index is -0.584. The fourth-order valence-corrected chi connectivity index (χ4v) is 2.21. The first-order chi connectivity index (χ1) is 12.6. The van der Waals surface area contributed by atoms with Crippen molar-refractivity contribution in [2.45, 2.75) is 0 Å². The lowest BCUT2D eigenvalue weighted by atomic mass is 10.3. The van der Waals surface area contributed by atoms with Crippen LogP contribution in [0.25, 0.3) is 0 Å². The van der Waals surface area contributed by atoms with Crippen molar-refractivity contribution in [3.05, 3.63) is 60.5 Å². The standard InChI is InChI=1S/C18H17FN6O/c19-16-11-22-18(24-15-6-2-4-13(10-15)21-7-8-26)25-17(16)23-14-5-1-3-12(20)9-14/h1-7,9-11,26H,8,20H2,(H2,22,23,24,25). The second kappa shape index (κ2) is 8.04. The number of nitrogen functional groups attached to an aromatic ring is 1.